The number of ether oxygens (including phenoxy) is 1. The molecule has 1 aliphatic heterocycles. The Bertz CT molecular complexity index is 481. The first kappa shape index (κ1) is 16.4. The highest BCUT2D eigenvalue weighted by molar-refractivity contribution is 7.13. The molecule has 118 valence electrons. The zero-order chi connectivity index (χ0) is 15.4. The van der Waals surface area contributed by atoms with Gasteiger partial charge >= 0.3 is 0 Å². The number of carbonyl (C=O) groups is 1. The number of hydrogen-bond donors (Lipinski definition) is 1. The minimum absolute atomic E-state index is 0.00277. The van der Waals surface area contributed by atoms with Crippen molar-refractivity contribution in [2.24, 2.45) is 0 Å². The van der Waals surface area contributed by atoms with Crippen LogP contribution >= 0.6 is 11.3 Å². The SMILES string of the molecule is Cc1nc(C(C)C)sc1C(=O)NC[C@H](C)N1CCOCC1. The second-order valence-corrected chi connectivity index (χ2v) is 6.86. The molecule has 0 aromatic carbocycles. The number of morpholine rings is 1. The second kappa shape index (κ2) is 7.33. The van der Waals surface area contributed by atoms with E-state index in [-0.39, 0.29) is 5.91 Å². The highest BCUT2D eigenvalue weighted by atomic mass is 32.1. The fourth-order valence-electron chi connectivity index (χ4n) is 2.34. The quantitative estimate of drug-likeness (QED) is 0.904. The van der Waals surface area contributed by atoms with Crippen LogP contribution in [0.4, 0.5) is 0 Å². The lowest BCUT2D eigenvalue weighted by Crippen LogP contribution is -2.47. The molecule has 0 saturated carbocycles. The summed E-state index contributed by atoms with van der Waals surface area (Å²) >= 11 is 1.51. The summed E-state index contributed by atoms with van der Waals surface area (Å²) in [6, 6.07) is 0.329. The number of rotatable bonds is 5. The second-order valence-electron chi connectivity index (χ2n) is 5.83. The predicted octanol–water partition coefficient (Wildman–Crippen LogP) is 2.03. The summed E-state index contributed by atoms with van der Waals surface area (Å²) in [5.74, 6) is 0.361. The summed E-state index contributed by atoms with van der Waals surface area (Å²) in [4.78, 5) is 19.9. The first-order chi connectivity index (χ1) is 9.99. The average molecular weight is 311 g/mol. The van der Waals surface area contributed by atoms with Crippen molar-refractivity contribution in [1.29, 1.82) is 0 Å². The number of carbonyl (C=O) groups excluding carboxylic acids is 1. The topological polar surface area (TPSA) is 54.5 Å². The van der Waals surface area contributed by atoms with Crippen molar-refractivity contribution in [3.63, 3.8) is 0 Å². The van der Waals surface area contributed by atoms with Crippen LogP contribution in [0.3, 0.4) is 0 Å². The molecule has 21 heavy (non-hydrogen) atoms. The van der Waals surface area contributed by atoms with Crippen molar-refractivity contribution in [3.8, 4) is 0 Å². The Morgan fingerprint density at radius 3 is 2.62 bits per heavy atom. The van der Waals surface area contributed by atoms with Gasteiger partial charge in [0.25, 0.3) is 5.91 Å². The minimum Gasteiger partial charge on any atom is -0.379 e. The smallest absolute Gasteiger partial charge is 0.263 e. The maximum absolute atomic E-state index is 12.3. The van der Waals surface area contributed by atoms with Gasteiger partial charge in [0.2, 0.25) is 0 Å². The maximum atomic E-state index is 12.3. The van der Waals surface area contributed by atoms with E-state index in [0.717, 1.165) is 41.9 Å². The molecular formula is C15H25N3O2S. The Hall–Kier alpha value is -0.980. The van der Waals surface area contributed by atoms with Crippen LogP contribution in [-0.2, 0) is 4.74 Å². The molecule has 2 rings (SSSR count). The van der Waals surface area contributed by atoms with Gasteiger partial charge in [-0.3, -0.25) is 9.69 Å². The Morgan fingerprint density at radius 1 is 1.38 bits per heavy atom. The molecule has 1 aromatic heterocycles. The van der Waals surface area contributed by atoms with Gasteiger partial charge < -0.3 is 10.1 Å². The van der Waals surface area contributed by atoms with E-state index < -0.39 is 0 Å². The minimum atomic E-state index is -0.00277. The van der Waals surface area contributed by atoms with Crippen molar-refractivity contribution in [1.82, 2.24) is 15.2 Å². The largest absolute Gasteiger partial charge is 0.379 e. The van der Waals surface area contributed by atoms with E-state index in [9.17, 15) is 4.79 Å². The van der Waals surface area contributed by atoms with Gasteiger partial charge in [0.15, 0.2) is 0 Å². The highest BCUT2D eigenvalue weighted by Crippen LogP contribution is 2.24. The number of thiazole rings is 1. The molecule has 1 N–H and O–H groups in total. The molecule has 0 radical (unpaired) electrons. The molecule has 1 atom stereocenters. The van der Waals surface area contributed by atoms with Crippen LogP contribution in [-0.4, -0.2) is 54.7 Å². The molecule has 0 unspecified atom stereocenters. The molecule has 1 fully saturated rings. The number of aromatic nitrogens is 1. The predicted molar refractivity (Wildman–Crippen MR) is 85.1 cm³/mol. The Balaban J connectivity index is 1.89. The Kier molecular flexibility index (Phi) is 5.72. The van der Waals surface area contributed by atoms with E-state index in [4.69, 9.17) is 4.74 Å². The Morgan fingerprint density at radius 2 is 2.05 bits per heavy atom. The van der Waals surface area contributed by atoms with Crippen molar-refractivity contribution in [2.75, 3.05) is 32.8 Å². The number of nitrogens with one attached hydrogen (secondary N) is 1. The first-order valence-corrected chi connectivity index (χ1v) is 8.38. The molecule has 1 aliphatic rings. The lowest BCUT2D eigenvalue weighted by molar-refractivity contribution is 0.0204. The van der Waals surface area contributed by atoms with Crippen molar-refractivity contribution in [2.45, 2.75) is 39.7 Å². The van der Waals surface area contributed by atoms with Gasteiger partial charge in [-0.2, -0.15) is 0 Å². The third-order valence-electron chi connectivity index (χ3n) is 3.74. The van der Waals surface area contributed by atoms with Crippen LogP contribution in [0, 0.1) is 6.92 Å². The van der Waals surface area contributed by atoms with E-state index in [2.05, 4.69) is 36.0 Å². The summed E-state index contributed by atoms with van der Waals surface area (Å²) in [5, 5.41) is 4.06. The number of aryl methyl sites for hydroxylation is 1. The van der Waals surface area contributed by atoms with Crippen molar-refractivity contribution in [3.05, 3.63) is 15.6 Å². The van der Waals surface area contributed by atoms with Crippen LogP contribution in [0.2, 0.25) is 0 Å². The van der Waals surface area contributed by atoms with E-state index in [1.807, 2.05) is 6.92 Å². The number of amides is 1. The third-order valence-corrected chi connectivity index (χ3v) is 5.20. The monoisotopic (exact) mass is 311 g/mol. The van der Waals surface area contributed by atoms with Crippen LogP contribution in [0.5, 0.6) is 0 Å². The molecule has 1 saturated heterocycles. The standard InChI is InChI=1S/C15H25N3O2S/c1-10(2)15-17-12(4)13(21-15)14(19)16-9-11(3)18-5-7-20-8-6-18/h10-11H,5-9H2,1-4H3,(H,16,19)/t11-/m0/s1. The molecule has 0 spiro atoms. The van der Waals surface area contributed by atoms with Gasteiger partial charge in [-0.1, -0.05) is 13.8 Å². The highest BCUT2D eigenvalue weighted by Gasteiger charge is 2.20. The van der Waals surface area contributed by atoms with E-state index in [1.54, 1.807) is 0 Å². The van der Waals surface area contributed by atoms with E-state index in [0.29, 0.717) is 18.5 Å². The number of hydrogen-bond acceptors (Lipinski definition) is 5. The zero-order valence-corrected chi connectivity index (χ0v) is 14.1. The molecule has 0 aliphatic carbocycles. The zero-order valence-electron chi connectivity index (χ0n) is 13.3. The van der Waals surface area contributed by atoms with E-state index >= 15 is 0 Å². The molecule has 1 aromatic rings. The van der Waals surface area contributed by atoms with Gasteiger partial charge in [-0.15, -0.1) is 11.3 Å². The summed E-state index contributed by atoms with van der Waals surface area (Å²) in [5.41, 5.74) is 0.834. The van der Waals surface area contributed by atoms with Gasteiger partial charge in [-0.05, 0) is 13.8 Å². The van der Waals surface area contributed by atoms with Crippen molar-refractivity contribution < 1.29 is 9.53 Å². The molecule has 0 bridgehead atoms. The van der Waals surface area contributed by atoms with Gasteiger partial charge in [-0.25, -0.2) is 4.98 Å². The maximum Gasteiger partial charge on any atom is 0.263 e. The summed E-state index contributed by atoms with van der Waals surface area (Å²) < 4.78 is 5.35. The fraction of sp³-hybridized carbons (Fsp3) is 0.733. The van der Waals surface area contributed by atoms with Crippen LogP contribution in [0.25, 0.3) is 0 Å². The number of nitrogens with zero attached hydrogens (tertiary/aromatic N) is 2. The molecular weight excluding hydrogens is 286 g/mol. The van der Waals surface area contributed by atoms with E-state index in [1.165, 1.54) is 11.3 Å². The van der Waals surface area contributed by atoms with Crippen LogP contribution in [0.1, 0.15) is 47.1 Å². The van der Waals surface area contributed by atoms with Gasteiger partial charge in [0, 0.05) is 31.6 Å². The van der Waals surface area contributed by atoms with Crippen LogP contribution in [0.15, 0.2) is 0 Å². The lowest BCUT2D eigenvalue weighted by atomic mass is 10.2. The summed E-state index contributed by atoms with van der Waals surface area (Å²) in [6.07, 6.45) is 0. The summed E-state index contributed by atoms with van der Waals surface area (Å²) in [6.45, 7) is 12.3. The fourth-order valence-corrected chi connectivity index (χ4v) is 3.33. The molecule has 5 nitrogen and oxygen atoms in total. The van der Waals surface area contributed by atoms with Gasteiger partial charge in [0.05, 0.1) is 23.9 Å². The molecule has 6 heteroatoms. The lowest BCUT2D eigenvalue weighted by Gasteiger charge is -2.32. The third kappa shape index (κ3) is 4.25. The average Bonchev–Trinajstić information content (AvgIpc) is 2.87. The normalized spacial score (nSPS) is 18.0. The first-order valence-electron chi connectivity index (χ1n) is 7.56. The molecule has 2 heterocycles. The van der Waals surface area contributed by atoms with Gasteiger partial charge in [0.1, 0.15) is 4.88 Å². The van der Waals surface area contributed by atoms with Crippen molar-refractivity contribution >= 4 is 17.2 Å². The summed E-state index contributed by atoms with van der Waals surface area (Å²) in [7, 11) is 0. The van der Waals surface area contributed by atoms with Crippen LogP contribution < -0.4 is 5.32 Å². The molecule has 1 amide bonds. The Labute approximate surface area is 130 Å².